The molecule has 3 unspecified atom stereocenters. The van der Waals surface area contributed by atoms with Gasteiger partial charge in [0, 0.05) is 12.1 Å². The van der Waals surface area contributed by atoms with Crippen molar-refractivity contribution in [3.63, 3.8) is 0 Å². The molecule has 0 saturated carbocycles. The van der Waals surface area contributed by atoms with Gasteiger partial charge in [0.15, 0.2) is 0 Å². The number of likely N-dealkylation sites (tertiary alicyclic amines) is 1. The first-order valence-corrected chi connectivity index (χ1v) is 6.63. The third-order valence-electron chi connectivity index (χ3n) is 3.84. The Morgan fingerprint density at radius 2 is 2.13 bits per heavy atom. The molecule has 0 radical (unpaired) electrons. The highest BCUT2D eigenvalue weighted by Gasteiger charge is 2.27. The molecule has 2 nitrogen and oxygen atoms in total. The minimum atomic E-state index is 0.729. The van der Waals surface area contributed by atoms with Crippen molar-refractivity contribution < 1.29 is 0 Å². The highest BCUT2D eigenvalue weighted by molar-refractivity contribution is 4.83. The Hall–Kier alpha value is -0.0800. The molecule has 1 fully saturated rings. The molecule has 1 aliphatic rings. The lowest BCUT2D eigenvalue weighted by atomic mass is 10.0. The molecule has 0 amide bonds. The van der Waals surface area contributed by atoms with Crippen LogP contribution in [0.15, 0.2) is 0 Å². The van der Waals surface area contributed by atoms with Crippen LogP contribution in [0, 0.1) is 5.92 Å². The molecule has 1 heterocycles. The predicted octanol–water partition coefficient (Wildman–Crippen LogP) is 2.49. The Bertz CT molecular complexity index is 170. The van der Waals surface area contributed by atoms with Crippen molar-refractivity contribution in [2.75, 3.05) is 19.6 Å². The summed E-state index contributed by atoms with van der Waals surface area (Å²) in [5.74, 6) is 0.761. The van der Waals surface area contributed by atoms with E-state index in [-0.39, 0.29) is 0 Å². The predicted molar refractivity (Wildman–Crippen MR) is 67.2 cm³/mol. The summed E-state index contributed by atoms with van der Waals surface area (Å²) in [5, 5.41) is 3.53. The summed E-state index contributed by atoms with van der Waals surface area (Å²) in [6.07, 6.45) is 4.02. The minimum absolute atomic E-state index is 0.729. The summed E-state index contributed by atoms with van der Waals surface area (Å²) in [6.45, 7) is 13.0. The van der Waals surface area contributed by atoms with Gasteiger partial charge in [-0.2, -0.15) is 0 Å². The molecule has 0 aromatic carbocycles. The molecule has 0 spiro atoms. The molecule has 1 aliphatic heterocycles. The van der Waals surface area contributed by atoms with E-state index in [0.29, 0.717) is 0 Å². The normalized spacial score (nSPS) is 26.8. The summed E-state index contributed by atoms with van der Waals surface area (Å²) >= 11 is 0. The van der Waals surface area contributed by atoms with E-state index in [1.807, 2.05) is 0 Å². The van der Waals surface area contributed by atoms with Gasteiger partial charge in [-0.3, -0.25) is 4.90 Å². The molecule has 90 valence electrons. The molecule has 1 N–H and O–H groups in total. The third-order valence-corrected chi connectivity index (χ3v) is 3.84. The quantitative estimate of drug-likeness (QED) is 0.681. The molecule has 0 aromatic heterocycles. The fourth-order valence-electron chi connectivity index (χ4n) is 2.56. The van der Waals surface area contributed by atoms with Gasteiger partial charge in [0.2, 0.25) is 0 Å². The smallest absolute Gasteiger partial charge is 0.0107 e. The first kappa shape index (κ1) is 13.0. The standard InChI is InChI=1S/C13H28N2/c1-5-8-14-10-11(2)13(4)15-9-6-7-12(15)3/h11-14H,5-10H2,1-4H3. The maximum Gasteiger partial charge on any atom is 0.0107 e. The summed E-state index contributed by atoms with van der Waals surface area (Å²) < 4.78 is 0. The van der Waals surface area contributed by atoms with Gasteiger partial charge in [-0.05, 0) is 58.7 Å². The van der Waals surface area contributed by atoms with Crippen LogP contribution >= 0.6 is 0 Å². The molecule has 3 atom stereocenters. The zero-order chi connectivity index (χ0) is 11.3. The molecular weight excluding hydrogens is 184 g/mol. The van der Waals surface area contributed by atoms with Gasteiger partial charge < -0.3 is 5.32 Å². The van der Waals surface area contributed by atoms with Crippen LogP contribution in [0.25, 0.3) is 0 Å². The average molecular weight is 212 g/mol. The summed E-state index contributed by atoms with van der Waals surface area (Å²) in [4.78, 5) is 2.68. The first-order valence-electron chi connectivity index (χ1n) is 6.63. The van der Waals surface area contributed by atoms with Crippen molar-refractivity contribution >= 4 is 0 Å². The SMILES string of the molecule is CCCNCC(C)C(C)N1CCCC1C. The average Bonchev–Trinajstić information content (AvgIpc) is 2.63. The van der Waals surface area contributed by atoms with E-state index in [1.165, 1.54) is 25.8 Å². The minimum Gasteiger partial charge on any atom is -0.316 e. The van der Waals surface area contributed by atoms with Crippen molar-refractivity contribution in [1.29, 1.82) is 0 Å². The molecule has 2 heteroatoms. The van der Waals surface area contributed by atoms with E-state index in [0.717, 1.165) is 31.1 Å². The monoisotopic (exact) mass is 212 g/mol. The number of hydrogen-bond donors (Lipinski definition) is 1. The summed E-state index contributed by atoms with van der Waals surface area (Å²) in [5.41, 5.74) is 0. The van der Waals surface area contributed by atoms with Gasteiger partial charge in [-0.15, -0.1) is 0 Å². The molecule has 15 heavy (non-hydrogen) atoms. The lowest BCUT2D eigenvalue weighted by molar-refractivity contribution is 0.154. The van der Waals surface area contributed by atoms with Gasteiger partial charge in [-0.1, -0.05) is 13.8 Å². The van der Waals surface area contributed by atoms with Crippen LogP contribution in [-0.2, 0) is 0 Å². The number of nitrogens with one attached hydrogen (secondary N) is 1. The van der Waals surface area contributed by atoms with Crippen LogP contribution < -0.4 is 5.32 Å². The van der Waals surface area contributed by atoms with Gasteiger partial charge in [0.1, 0.15) is 0 Å². The van der Waals surface area contributed by atoms with Crippen LogP contribution in [0.2, 0.25) is 0 Å². The molecule has 0 aliphatic carbocycles. The summed E-state index contributed by atoms with van der Waals surface area (Å²) in [6, 6.07) is 1.53. The van der Waals surface area contributed by atoms with Crippen LogP contribution in [0.5, 0.6) is 0 Å². The zero-order valence-electron chi connectivity index (χ0n) is 10.9. The van der Waals surface area contributed by atoms with Gasteiger partial charge in [0.25, 0.3) is 0 Å². The Balaban J connectivity index is 2.28. The van der Waals surface area contributed by atoms with Crippen molar-refractivity contribution in [2.24, 2.45) is 5.92 Å². The Labute approximate surface area is 95.4 Å². The number of nitrogens with zero attached hydrogens (tertiary/aromatic N) is 1. The molecule has 1 saturated heterocycles. The van der Waals surface area contributed by atoms with Gasteiger partial charge in [-0.25, -0.2) is 0 Å². The first-order chi connectivity index (χ1) is 7.16. The lowest BCUT2D eigenvalue weighted by Crippen LogP contribution is -2.42. The van der Waals surface area contributed by atoms with Crippen LogP contribution in [-0.4, -0.2) is 36.6 Å². The lowest BCUT2D eigenvalue weighted by Gasteiger charge is -2.33. The van der Waals surface area contributed by atoms with Gasteiger partial charge >= 0.3 is 0 Å². The van der Waals surface area contributed by atoms with E-state index in [2.05, 4.69) is 37.9 Å². The van der Waals surface area contributed by atoms with Crippen molar-refractivity contribution in [3.05, 3.63) is 0 Å². The van der Waals surface area contributed by atoms with E-state index in [1.54, 1.807) is 0 Å². The second kappa shape index (κ2) is 6.49. The largest absolute Gasteiger partial charge is 0.316 e. The highest BCUT2D eigenvalue weighted by Crippen LogP contribution is 2.22. The van der Waals surface area contributed by atoms with E-state index < -0.39 is 0 Å². The Morgan fingerprint density at radius 1 is 1.40 bits per heavy atom. The summed E-state index contributed by atoms with van der Waals surface area (Å²) in [7, 11) is 0. The molecule has 0 aromatic rings. The highest BCUT2D eigenvalue weighted by atomic mass is 15.2. The van der Waals surface area contributed by atoms with Crippen molar-refractivity contribution in [3.8, 4) is 0 Å². The Morgan fingerprint density at radius 3 is 2.67 bits per heavy atom. The molecule has 0 bridgehead atoms. The van der Waals surface area contributed by atoms with E-state index in [4.69, 9.17) is 0 Å². The maximum absolute atomic E-state index is 3.53. The second-order valence-electron chi connectivity index (χ2n) is 5.15. The van der Waals surface area contributed by atoms with Crippen LogP contribution in [0.4, 0.5) is 0 Å². The molecule has 1 rings (SSSR count). The van der Waals surface area contributed by atoms with Crippen LogP contribution in [0.1, 0.15) is 47.0 Å². The van der Waals surface area contributed by atoms with Crippen molar-refractivity contribution in [1.82, 2.24) is 10.2 Å². The third kappa shape index (κ3) is 3.76. The topological polar surface area (TPSA) is 15.3 Å². The van der Waals surface area contributed by atoms with E-state index >= 15 is 0 Å². The second-order valence-corrected chi connectivity index (χ2v) is 5.15. The number of hydrogen-bond acceptors (Lipinski definition) is 2. The van der Waals surface area contributed by atoms with Crippen molar-refractivity contribution in [2.45, 2.75) is 59.0 Å². The maximum atomic E-state index is 3.53. The number of rotatable bonds is 6. The fourth-order valence-corrected chi connectivity index (χ4v) is 2.56. The van der Waals surface area contributed by atoms with E-state index in [9.17, 15) is 0 Å². The van der Waals surface area contributed by atoms with Crippen LogP contribution in [0.3, 0.4) is 0 Å². The zero-order valence-corrected chi connectivity index (χ0v) is 10.9. The fraction of sp³-hybridized carbons (Fsp3) is 1.00. The molecular formula is C13H28N2. The Kier molecular flexibility index (Phi) is 5.62. The van der Waals surface area contributed by atoms with Gasteiger partial charge in [0.05, 0.1) is 0 Å².